The van der Waals surface area contributed by atoms with Crippen LogP contribution in [0.1, 0.15) is 65.1 Å². The zero-order valence-corrected chi connectivity index (χ0v) is 22.1. The average Bonchev–Trinajstić information content (AvgIpc) is 2.97. The van der Waals surface area contributed by atoms with Crippen molar-refractivity contribution in [3.63, 3.8) is 0 Å². The molecule has 41 heavy (non-hydrogen) atoms. The summed E-state index contributed by atoms with van der Waals surface area (Å²) in [7, 11) is 0. The van der Waals surface area contributed by atoms with E-state index in [1.807, 2.05) is 24.3 Å². The lowest BCUT2D eigenvalue weighted by molar-refractivity contribution is -0.136. The van der Waals surface area contributed by atoms with Crippen LogP contribution in [0.25, 0.3) is 0 Å². The number of anilines is 3. The Morgan fingerprint density at radius 1 is 0.976 bits per heavy atom. The summed E-state index contributed by atoms with van der Waals surface area (Å²) in [4.78, 5) is 27.1. The second kappa shape index (κ2) is 12.6. The fourth-order valence-electron chi connectivity index (χ4n) is 4.86. The van der Waals surface area contributed by atoms with Gasteiger partial charge in [0.15, 0.2) is 0 Å². The van der Waals surface area contributed by atoms with Crippen molar-refractivity contribution >= 4 is 35.0 Å². The van der Waals surface area contributed by atoms with Crippen molar-refractivity contribution < 1.29 is 22.8 Å². The number of guanidine groups is 1. The van der Waals surface area contributed by atoms with Crippen molar-refractivity contribution in [2.45, 2.75) is 50.7 Å². The molecule has 0 saturated heterocycles. The number of hydrogen-bond donors (Lipinski definition) is 5. The van der Waals surface area contributed by atoms with Crippen LogP contribution in [0.5, 0.6) is 0 Å². The summed E-state index contributed by atoms with van der Waals surface area (Å²) in [6.07, 6.45) is 1.12. The van der Waals surface area contributed by atoms with E-state index in [2.05, 4.69) is 15.7 Å². The van der Waals surface area contributed by atoms with Crippen molar-refractivity contribution in [1.82, 2.24) is 5.32 Å². The molecule has 4 rings (SSSR count). The minimum atomic E-state index is -4.68. The molecule has 1 saturated carbocycles. The van der Waals surface area contributed by atoms with Crippen molar-refractivity contribution in [3.8, 4) is 0 Å². The quantitative estimate of drug-likeness (QED) is 0.0926. The average molecular weight is 566 g/mol. The van der Waals surface area contributed by atoms with Gasteiger partial charge in [0, 0.05) is 22.6 Å². The van der Waals surface area contributed by atoms with Gasteiger partial charge in [-0.05, 0) is 72.4 Å². The molecule has 3 aromatic carbocycles. The first-order valence-corrected chi connectivity index (χ1v) is 13.1. The van der Waals surface area contributed by atoms with Crippen LogP contribution in [-0.4, -0.2) is 17.9 Å². The smallest absolute Gasteiger partial charge is 0.398 e. The molecule has 0 radical (unpaired) electrons. The number of urea groups is 1. The first-order chi connectivity index (χ1) is 19.5. The number of nitrogens with two attached hydrogens (primary N) is 1. The molecule has 6 N–H and O–H groups in total. The van der Waals surface area contributed by atoms with Crippen LogP contribution < -0.4 is 21.3 Å². The van der Waals surface area contributed by atoms with Crippen LogP contribution in [0.15, 0.2) is 71.8 Å². The van der Waals surface area contributed by atoms with Gasteiger partial charge >= 0.3 is 12.2 Å². The van der Waals surface area contributed by atoms with Crippen LogP contribution in [0, 0.1) is 10.9 Å². The number of rotatable bonds is 6. The summed E-state index contributed by atoms with van der Waals surface area (Å²) in [5.41, 5.74) is 13.3. The van der Waals surface area contributed by atoms with E-state index in [-0.39, 0.29) is 17.8 Å². The van der Waals surface area contributed by atoms with E-state index in [1.165, 1.54) is 47.9 Å². The summed E-state index contributed by atoms with van der Waals surface area (Å²) >= 11 is 0. The number of nitrogens with one attached hydrogen (secondary N) is 4. The molecule has 0 unspecified atom stereocenters. The van der Waals surface area contributed by atoms with Crippen LogP contribution in [0.4, 0.5) is 35.0 Å². The SMILES string of the molecule is N=NC(=N)NC(=O)c1ccc(CN(C(=O)Nc2ccc(N)c(C(F)(F)F)c2)c2ccc(C3CCCCC3)cc2)cc1. The van der Waals surface area contributed by atoms with Crippen molar-refractivity contribution in [3.05, 3.63) is 89.0 Å². The lowest BCUT2D eigenvalue weighted by Crippen LogP contribution is -2.34. The summed E-state index contributed by atoms with van der Waals surface area (Å²) in [5, 5.41) is 14.9. The number of benzene rings is 3. The van der Waals surface area contributed by atoms with E-state index >= 15 is 0 Å². The molecule has 0 spiro atoms. The number of amides is 3. The van der Waals surface area contributed by atoms with Crippen molar-refractivity contribution in [1.29, 1.82) is 10.9 Å². The van der Waals surface area contributed by atoms with Crippen LogP contribution >= 0.6 is 0 Å². The maximum Gasteiger partial charge on any atom is 0.418 e. The first kappa shape index (κ1) is 29.2. The lowest BCUT2D eigenvalue weighted by Gasteiger charge is -2.26. The molecule has 1 fully saturated rings. The zero-order chi connectivity index (χ0) is 29.6. The normalized spacial score (nSPS) is 13.7. The Morgan fingerprint density at radius 2 is 1.63 bits per heavy atom. The van der Waals surface area contributed by atoms with Gasteiger partial charge < -0.3 is 11.1 Å². The van der Waals surface area contributed by atoms with E-state index in [4.69, 9.17) is 16.7 Å². The largest absolute Gasteiger partial charge is 0.418 e. The maximum absolute atomic E-state index is 13.5. The van der Waals surface area contributed by atoms with E-state index in [1.54, 1.807) is 12.1 Å². The standard InChI is InChI=1S/C29H30F3N7O2/c30-29(31,32)24-16-22(12-15-25(24)33)36-28(41)39(23-13-10-20(11-14-23)19-4-2-1-3-5-19)17-18-6-8-21(9-7-18)26(40)37-27(34)38-35/h6-16,19,35H,1-5,17,33H2,(H,36,41)(H2,34,37,40). The molecule has 0 aromatic heterocycles. The number of nitrogen functional groups attached to an aromatic ring is 1. The Hall–Kier alpha value is -4.74. The van der Waals surface area contributed by atoms with Crippen LogP contribution in [0.3, 0.4) is 0 Å². The van der Waals surface area contributed by atoms with Crippen LogP contribution in [-0.2, 0) is 12.7 Å². The molecular weight excluding hydrogens is 535 g/mol. The fraction of sp³-hybridized carbons (Fsp3) is 0.276. The van der Waals surface area contributed by atoms with E-state index in [0.717, 1.165) is 25.0 Å². The summed E-state index contributed by atoms with van der Waals surface area (Å²) in [6, 6.07) is 16.4. The topological polar surface area (TPSA) is 148 Å². The summed E-state index contributed by atoms with van der Waals surface area (Å²) in [5.74, 6) is -0.761. The van der Waals surface area contributed by atoms with Gasteiger partial charge in [-0.1, -0.05) is 43.5 Å². The number of carbonyl (C=O) groups excluding carboxylic acids is 2. The molecule has 1 aliphatic carbocycles. The molecule has 9 nitrogen and oxygen atoms in total. The fourth-order valence-corrected chi connectivity index (χ4v) is 4.86. The molecule has 0 aliphatic heterocycles. The molecular formula is C29H30F3N7O2. The van der Waals surface area contributed by atoms with Gasteiger partial charge in [0.2, 0.25) is 5.96 Å². The van der Waals surface area contributed by atoms with Gasteiger partial charge in [-0.2, -0.15) is 13.2 Å². The number of hydrogen-bond acceptors (Lipinski definition) is 5. The predicted octanol–water partition coefficient (Wildman–Crippen LogP) is 7.27. The summed E-state index contributed by atoms with van der Waals surface area (Å²) in [6.45, 7) is 0.0511. The second-order valence-corrected chi connectivity index (χ2v) is 9.85. The predicted molar refractivity (Wildman–Crippen MR) is 150 cm³/mol. The van der Waals surface area contributed by atoms with Crippen LogP contribution in [0.2, 0.25) is 0 Å². The Morgan fingerprint density at radius 3 is 2.24 bits per heavy atom. The lowest BCUT2D eigenvalue weighted by atomic mass is 9.84. The maximum atomic E-state index is 13.5. The van der Waals surface area contributed by atoms with Gasteiger partial charge in [0.1, 0.15) is 0 Å². The van der Waals surface area contributed by atoms with Gasteiger partial charge in [-0.15, -0.1) is 5.11 Å². The molecule has 1 aliphatic rings. The molecule has 0 bridgehead atoms. The monoisotopic (exact) mass is 565 g/mol. The Labute approximate surface area is 234 Å². The van der Waals surface area contributed by atoms with Crippen molar-refractivity contribution in [2.75, 3.05) is 16.0 Å². The Kier molecular flexibility index (Phi) is 9.00. The Bertz CT molecular complexity index is 1420. The summed E-state index contributed by atoms with van der Waals surface area (Å²) < 4.78 is 40.2. The number of halogens is 3. The minimum Gasteiger partial charge on any atom is -0.398 e. The molecule has 3 aromatic rings. The second-order valence-electron chi connectivity index (χ2n) is 9.85. The molecule has 0 heterocycles. The molecule has 0 atom stereocenters. The van der Waals surface area contributed by atoms with E-state index in [9.17, 15) is 22.8 Å². The molecule has 3 amide bonds. The third-order valence-corrected chi connectivity index (χ3v) is 7.04. The number of alkyl halides is 3. The highest BCUT2D eigenvalue weighted by Gasteiger charge is 2.33. The van der Waals surface area contributed by atoms with Gasteiger partial charge in [0.25, 0.3) is 5.91 Å². The Balaban J connectivity index is 1.59. The van der Waals surface area contributed by atoms with Gasteiger partial charge in [-0.25, -0.2) is 10.3 Å². The van der Waals surface area contributed by atoms with Crippen molar-refractivity contribution in [2.24, 2.45) is 5.11 Å². The highest BCUT2D eigenvalue weighted by molar-refractivity contribution is 6.05. The van der Waals surface area contributed by atoms with E-state index in [0.29, 0.717) is 17.2 Å². The zero-order valence-electron chi connectivity index (χ0n) is 22.1. The van der Waals surface area contributed by atoms with Gasteiger partial charge in [0.05, 0.1) is 12.1 Å². The number of nitrogens with zero attached hydrogens (tertiary/aromatic N) is 2. The third kappa shape index (κ3) is 7.47. The van der Waals surface area contributed by atoms with E-state index < -0.39 is 35.3 Å². The highest BCUT2D eigenvalue weighted by atomic mass is 19.4. The highest BCUT2D eigenvalue weighted by Crippen LogP contribution is 2.36. The first-order valence-electron chi connectivity index (χ1n) is 13.1. The molecule has 12 heteroatoms. The minimum absolute atomic E-state index is 0.0511. The molecule has 214 valence electrons. The third-order valence-electron chi connectivity index (χ3n) is 7.04. The number of carbonyl (C=O) groups is 2. The van der Waals surface area contributed by atoms with Gasteiger partial charge in [-0.3, -0.25) is 20.4 Å².